The number of Topliss-reactive ketones (excluding diaryl/α,β-unsaturated/α-hetero) is 2. The average Bonchev–Trinajstić information content (AvgIpc) is 3.05. The minimum atomic E-state index is -1.85. The monoisotopic (exact) mass is 456 g/mol. The second kappa shape index (κ2) is 7.72. The molecule has 2 aliphatic carbocycles. The van der Waals surface area contributed by atoms with Crippen LogP contribution in [0.5, 0.6) is 5.75 Å². The van der Waals surface area contributed by atoms with Crippen molar-refractivity contribution in [2.24, 2.45) is 11.3 Å². The first-order chi connectivity index (χ1) is 16.2. The number of ether oxygens (including phenoxy) is 1. The van der Waals surface area contributed by atoms with Crippen LogP contribution in [0.1, 0.15) is 46.5 Å². The Labute approximate surface area is 196 Å². The van der Waals surface area contributed by atoms with Crippen molar-refractivity contribution >= 4 is 33.9 Å². The molecule has 0 saturated carbocycles. The molecule has 3 atom stereocenters. The van der Waals surface area contributed by atoms with E-state index >= 15 is 0 Å². The number of esters is 1. The van der Waals surface area contributed by atoms with Crippen LogP contribution in [0.3, 0.4) is 0 Å². The quantitative estimate of drug-likeness (QED) is 0.455. The Morgan fingerprint density at radius 2 is 1.82 bits per heavy atom. The van der Waals surface area contributed by atoms with Crippen LogP contribution in [0.15, 0.2) is 66.7 Å². The van der Waals surface area contributed by atoms with Crippen molar-refractivity contribution in [3.05, 3.63) is 83.4 Å². The van der Waals surface area contributed by atoms with E-state index in [0.29, 0.717) is 27.8 Å². The van der Waals surface area contributed by atoms with Gasteiger partial charge in [0, 0.05) is 23.3 Å². The Hall–Kier alpha value is -3.61. The molecule has 34 heavy (non-hydrogen) atoms. The van der Waals surface area contributed by atoms with Gasteiger partial charge in [0.25, 0.3) is 0 Å². The lowest BCUT2D eigenvalue weighted by atomic mass is 9.60. The Kier molecular flexibility index (Phi) is 5.04. The van der Waals surface area contributed by atoms with Gasteiger partial charge < -0.3 is 14.9 Å². The van der Waals surface area contributed by atoms with E-state index in [-0.39, 0.29) is 12.2 Å². The topological polar surface area (TPSA) is 101 Å². The summed E-state index contributed by atoms with van der Waals surface area (Å²) in [6.07, 6.45) is 1.78. The van der Waals surface area contributed by atoms with Gasteiger partial charge in [0.05, 0.1) is 5.56 Å². The Morgan fingerprint density at radius 1 is 1.09 bits per heavy atom. The fraction of sp³-hybridized carbons (Fsp3) is 0.250. The van der Waals surface area contributed by atoms with Gasteiger partial charge in [-0.25, -0.2) is 4.79 Å². The highest BCUT2D eigenvalue weighted by molar-refractivity contribution is 6.16. The number of benzene rings is 3. The maximum atomic E-state index is 13.4. The normalized spacial score (nSPS) is 25.5. The highest BCUT2D eigenvalue weighted by Crippen LogP contribution is 2.59. The Bertz CT molecular complexity index is 1390. The SMILES string of the molecule is C[C@@H]1C=C2c3ccc4cc(OC(=O)c5ccccc5)ccc4c3C(=O)C[C@]2(C)[C@@]1(O)C(=O)CO. The standard InChI is InChI=1S/C28H24O6/c1-16-12-22-21-10-8-18-13-19(34-26(32)17-6-4-3-5-7-17)9-11-20(18)25(21)23(30)14-27(22,2)28(16,33)24(31)15-29/h3-13,16,29,33H,14-15H2,1-2H3/t16-,27+,28+/m1/s1. The van der Waals surface area contributed by atoms with E-state index in [2.05, 4.69) is 0 Å². The Balaban J connectivity index is 1.56. The summed E-state index contributed by atoms with van der Waals surface area (Å²) < 4.78 is 5.52. The van der Waals surface area contributed by atoms with E-state index in [1.165, 1.54) is 0 Å². The van der Waals surface area contributed by atoms with Gasteiger partial charge in [-0.2, -0.15) is 0 Å². The van der Waals surface area contributed by atoms with Crippen LogP contribution in [0.4, 0.5) is 0 Å². The molecule has 0 fully saturated rings. The summed E-state index contributed by atoms with van der Waals surface area (Å²) in [5, 5.41) is 22.3. The first-order valence-corrected chi connectivity index (χ1v) is 11.2. The Morgan fingerprint density at radius 3 is 2.53 bits per heavy atom. The summed E-state index contributed by atoms with van der Waals surface area (Å²) in [6.45, 7) is 2.65. The summed E-state index contributed by atoms with van der Waals surface area (Å²) in [5.74, 6) is -1.53. The van der Waals surface area contributed by atoms with Crippen molar-refractivity contribution in [1.29, 1.82) is 0 Å². The molecule has 0 aromatic heterocycles. The zero-order chi connectivity index (χ0) is 24.3. The second-order valence-corrected chi connectivity index (χ2v) is 9.28. The van der Waals surface area contributed by atoms with Crippen LogP contribution in [-0.4, -0.2) is 40.0 Å². The van der Waals surface area contributed by atoms with Gasteiger partial charge in [0.2, 0.25) is 0 Å². The van der Waals surface area contributed by atoms with Crippen molar-refractivity contribution in [3.8, 4) is 5.75 Å². The minimum Gasteiger partial charge on any atom is -0.423 e. The first-order valence-electron chi connectivity index (χ1n) is 11.2. The molecule has 0 amide bonds. The lowest BCUT2D eigenvalue weighted by molar-refractivity contribution is -0.154. The zero-order valence-electron chi connectivity index (χ0n) is 18.9. The van der Waals surface area contributed by atoms with Gasteiger partial charge >= 0.3 is 5.97 Å². The average molecular weight is 456 g/mol. The molecule has 6 heteroatoms. The highest BCUT2D eigenvalue weighted by Gasteiger charge is 2.62. The van der Waals surface area contributed by atoms with E-state index in [4.69, 9.17) is 4.74 Å². The molecule has 0 spiro atoms. The molecule has 3 aromatic rings. The molecular formula is C28H24O6. The summed E-state index contributed by atoms with van der Waals surface area (Å²) in [7, 11) is 0. The maximum absolute atomic E-state index is 13.4. The number of fused-ring (bicyclic) bond motifs is 5. The van der Waals surface area contributed by atoms with Gasteiger partial charge in [-0.15, -0.1) is 0 Å². The van der Waals surface area contributed by atoms with Crippen molar-refractivity contribution in [1.82, 2.24) is 0 Å². The molecule has 0 radical (unpaired) electrons. The smallest absolute Gasteiger partial charge is 0.343 e. The largest absolute Gasteiger partial charge is 0.423 e. The van der Waals surface area contributed by atoms with Crippen molar-refractivity contribution in [2.45, 2.75) is 25.9 Å². The second-order valence-electron chi connectivity index (χ2n) is 9.28. The summed E-state index contributed by atoms with van der Waals surface area (Å²) in [6, 6.07) is 17.5. The van der Waals surface area contributed by atoms with Crippen molar-refractivity contribution in [3.63, 3.8) is 0 Å². The molecular weight excluding hydrogens is 432 g/mol. The number of aliphatic hydroxyl groups is 2. The number of ketones is 2. The lowest BCUT2D eigenvalue weighted by Crippen LogP contribution is -2.56. The van der Waals surface area contributed by atoms with Crippen LogP contribution in [0, 0.1) is 11.3 Å². The predicted octanol–water partition coefficient (Wildman–Crippen LogP) is 3.98. The van der Waals surface area contributed by atoms with Gasteiger partial charge in [0.1, 0.15) is 18.0 Å². The lowest BCUT2D eigenvalue weighted by Gasteiger charge is -2.44. The van der Waals surface area contributed by atoms with Crippen LogP contribution in [0.2, 0.25) is 0 Å². The molecule has 0 bridgehead atoms. The van der Waals surface area contributed by atoms with E-state index < -0.39 is 35.3 Å². The van der Waals surface area contributed by atoms with E-state index in [1.807, 2.05) is 24.3 Å². The number of rotatable bonds is 4. The van der Waals surface area contributed by atoms with Crippen molar-refractivity contribution in [2.75, 3.05) is 6.61 Å². The van der Waals surface area contributed by atoms with E-state index in [1.54, 1.807) is 56.3 Å². The molecule has 0 unspecified atom stereocenters. The van der Waals surface area contributed by atoms with Gasteiger partial charge in [-0.1, -0.05) is 50.3 Å². The minimum absolute atomic E-state index is 0.0533. The molecule has 0 saturated heterocycles. The molecule has 2 aliphatic rings. The molecule has 3 aromatic carbocycles. The van der Waals surface area contributed by atoms with Crippen molar-refractivity contribution < 1.29 is 29.3 Å². The van der Waals surface area contributed by atoms with Crippen LogP contribution in [-0.2, 0) is 4.79 Å². The van der Waals surface area contributed by atoms with Gasteiger partial charge in [0.15, 0.2) is 11.6 Å². The summed E-state index contributed by atoms with van der Waals surface area (Å²) >= 11 is 0. The van der Waals surface area contributed by atoms with E-state index in [9.17, 15) is 24.6 Å². The first kappa shape index (κ1) is 22.2. The number of carbonyl (C=O) groups excluding carboxylic acids is 3. The van der Waals surface area contributed by atoms with Crippen LogP contribution < -0.4 is 4.74 Å². The third-order valence-electron chi connectivity index (χ3n) is 7.37. The summed E-state index contributed by atoms with van der Waals surface area (Å²) in [5.41, 5.74) is -0.608. The molecule has 2 N–H and O–H groups in total. The molecule has 172 valence electrons. The molecule has 0 heterocycles. The number of carbonyl (C=O) groups is 3. The van der Waals surface area contributed by atoms with E-state index in [0.717, 1.165) is 11.0 Å². The number of hydrogen-bond donors (Lipinski definition) is 2. The number of hydrogen-bond acceptors (Lipinski definition) is 6. The fourth-order valence-corrected chi connectivity index (χ4v) is 5.61. The molecule has 0 aliphatic heterocycles. The third kappa shape index (κ3) is 2.99. The number of aliphatic hydroxyl groups excluding tert-OH is 1. The molecule has 5 rings (SSSR count). The predicted molar refractivity (Wildman–Crippen MR) is 127 cm³/mol. The van der Waals surface area contributed by atoms with Gasteiger partial charge in [-0.05, 0) is 52.2 Å². The maximum Gasteiger partial charge on any atom is 0.343 e. The fourth-order valence-electron chi connectivity index (χ4n) is 5.61. The van der Waals surface area contributed by atoms with Crippen LogP contribution in [0.25, 0.3) is 16.3 Å². The zero-order valence-corrected chi connectivity index (χ0v) is 18.9. The summed E-state index contributed by atoms with van der Waals surface area (Å²) in [4.78, 5) is 38.4. The van der Waals surface area contributed by atoms with Crippen LogP contribution >= 0.6 is 0 Å². The highest BCUT2D eigenvalue weighted by atomic mass is 16.5. The van der Waals surface area contributed by atoms with Gasteiger partial charge in [-0.3, -0.25) is 9.59 Å². The molecule has 6 nitrogen and oxygen atoms in total. The third-order valence-corrected chi connectivity index (χ3v) is 7.37.